The van der Waals surface area contributed by atoms with Crippen molar-refractivity contribution in [2.75, 3.05) is 0 Å². The van der Waals surface area contributed by atoms with Gasteiger partial charge >= 0.3 is 0 Å². The molecule has 0 heteroatoms. The van der Waals surface area contributed by atoms with Crippen LogP contribution in [-0.2, 0) is 0 Å². The molecule has 0 saturated heterocycles. The molecule has 2 fully saturated rings. The van der Waals surface area contributed by atoms with E-state index in [4.69, 9.17) is 0 Å². The van der Waals surface area contributed by atoms with Gasteiger partial charge in [0.25, 0.3) is 0 Å². The lowest BCUT2D eigenvalue weighted by molar-refractivity contribution is 0.338. The van der Waals surface area contributed by atoms with Crippen LogP contribution in [0.3, 0.4) is 0 Å². The van der Waals surface area contributed by atoms with Crippen molar-refractivity contribution in [2.24, 2.45) is 0 Å². The van der Waals surface area contributed by atoms with Gasteiger partial charge in [0.05, 0.1) is 0 Å². The second-order valence-electron chi connectivity index (χ2n) is 7.60. The van der Waals surface area contributed by atoms with Crippen LogP contribution in [0.5, 0.6) is 0 Å². The second-order valence-corrected chi connectivity index (χ2v) is 7.60. The zero-order valence-electron chi connectivity index (χ0n) is 12.0. The fraction of sp³-hybridized carbons (Fsp3) is 0.684. The largest absolute Gasteiger partial charge is 0.0547 e. The molecule has 1 aromatic rings. The first-order valence-electron chi connectivity index (χ1n) is 8.50. The van der Waals surface area contributed by atoms with Crippen LogP contribution >= 0.6 is 0 Å². The van der Waals surface area contributed by atoms with Gasteiger partial charge in [0.2, 0.25) is 0 Å². The Morgan fingerprint density at radius 2 is 1.00 bits per heavy atom. The highest BCUT2D eigenvalue weighted by Gasteiger charge is 2.40. The molecule has 0 aromatic heterocycles. The van der Waals surface area contributed by atoms with Gasteiger partial charge in [-0.1, -0.05) is 6.07 Å². The van der Waals surface area contributed by atoms with Gasteiger partial charge in [-0.05, 0) is 110 Å². The average Bonchev–Trinajstić information content (AvgIpc) is 2.49. The molecule has 0 atom stereocenters. The number of fused-ring (bicyclic) bond motifs is 4. The molecule has 0 spiro atoms. The predicted molar refractivity (Wildman–Crippen MR) is 79.1 cm³/mol. The smallest absolute Gasteiger partial charge is 0.0156 e. The molecule has 0 unspecified atom stereocenters. The van der Waals surface area contributed by atoms with Gasteiger partial charge in [-0.3, -0.25) is 0 Å². The summed E-state index contributed by atoms with van der Waals surface area (Å²) in [4.78, 5) is 0. The van der Waals surface area contributed by atoms with Crippen LogP contribution < -0.4 is 0 Å². The Balaban J connectivity index is 1.79. The van der Waals surface area contributed by atoms with Crippen molar-refractivity contribution in [2.45, 2.75) is 82.0 Å². The Morgan fingerprint density at radius 1 is 0.632 bits per heavy atom. The molecule has 0 N–H and O–H groups in total. The van der Waals surface area contributed by atoms with Crippen molar-refractivity contribution in [3.63, 3.8) is 0 Å². The summed E-state index contributed by atoms with van der Waals surface area (Å²) in [5, 5.41) is 0. The third kappa shape index (κ3) is 1.31. The lowest BCUT2D eigenvalue weighted by atomic mass is 9.59. The zero-order chi connectivity index (χ0) is 12.6. The van der Waals surface area contributed by atoms with Crippen molar-refractivity contribution in [1.29, 1.82) is 0 Å². The number of rotatable bonds is 0. The van der Waals surface area contributed by atoms with Gasteiger partial charge in [0, 0.05) is 0 Å². The van der Waals surface area contributed by atoms with Crippen LogP contribution in [0, 0.1) is 6.92 Å². The van der Waals surface area contributed by atoms with Gasteiger partial charge < -0.3 is 0 Å². The Labute approximate surface area is 116 Å². The van der Waals surface area contributed by atoms with Gasteiger partial charge in [-0.25, -0.2) is 0 Å². The van der Waals surface area contributed by atoms with Crippen LogP contribution in [0.4, 0.5) is 0 Å². The molecule has 19 heavy (non-hydrogen) atoms. The van der Waals surface area contributed by atoms with E-state index in [2.05, 4.69) is 13.0 Å². The summed E-state index contributed by atoms with van der Waals surface area (Å²) in [5.74, 6) is 3.69. The highest BCUT2D eigenvalue weighted by molar-refractivity contribution is 5.55. The van der Waals surface area contributed by atoms with Crippen LogP contribution in [0.15, 0.2) is 6.07 Å². The van der Waals surface area contributed by atoms with Crippen molar-refractivity contribution in [3.8, 4) is 0 Å². The standard InChI is InChI=1S/C19H24/c1-11-18-14-6-2-12(3-7-14)16(18)10-17-13-4-8-15(9-5-13)19(11)17/h10,12-15H,2-9H2,1H3. The third-order valence-electron chi connectivity index (χ3n) is 6.89. The first-order chi connectivity index (χ1) is 9.33. The lowest BCUT2D eigenvalue weighted by Crippen LogP contribution is -2.28. The minimum absolute atomic E-state index is 0.921. The van der Waals surface area contributed by atoms with E-state index in [0.29, 0.717) is 0 Å². The van der Waals surface area contributed by atoms with Gasteiger partial charge in [-0.2, -0.15) is 0 Å². The van der Waals surface area contributed by atoms with E-state index in [9.17, 15) is 0 Å². The van der Waals surface area contributed by atoms with E-state index in [1.54, 1.807) is 16.7 Å². The molecule has 4 bridgehead atoms. The summed E-state index contributed by atoms with van der Waals surface area (Å²) in [5.41, 5.74) is 9.00. The van der Waals surface area contributed by atoms with Crippen LogP contribution in [0.2, 0.25) is 0 Å². The van der Waals surface area contributed by atoms with Crippen molar-refractivity contribution < 1.29 is 0 Å². The molecular formula is C19H24. The summed E-state index contributed by atoms with van der Waals surface area (Å²) in [6.45, 7) is 2.47. The number of benzene rings is 1. The Hall–Kier alpha value is -0.780. The molecule has 0 nitrogen and oxygen atoms in total. The number of hydrogen-bond acceptors (Lipinski definition) is 0. The normalized spacial score (nSPS) is 38.2. The van der Waals surface area contributed by atoms with Crippen molar-refractivity contribution in [1.82, 2.24) is 0 Å². The fourth-order valence-corrected chi connectivity index (χ4v) is 6.05. The van der Waals surface area contributed by atoms with E-state index in [-0.39, 0.29) is 0 Å². The Bertz CT molecular complexity index is 491. The first-order valence-corrected chi connectivity index (χ1v) is 8.50. The molecule has 0 radical (unpaired) electrons. The van der Waals surface area contributed by atoms with E-state index < -0.39 is 0 Å². The maximum atomic E-state index is 2.70. The molecule has 0 aliphatic heterocycles. The lowest BCUT2D eigenvalue weighted by Gasteiger charge is -2.45. The molecule has 2 saturated carbocycles. The van der Waals surface area contributed by atoms with Crippen molar-refractivity contribution in [3.05, 3.63) is 33.9 Å². The van der Waals surface area contributed by atoms with Gasteiger partial charge in [-0.15, -0.1) is 0 Å². The summed E-state index contributed by atoms with van der Waals surface area (Å²) in [7, 11) is 0. The molecule has 0 heterocycles. The first kappa shape index (κ1) is 10.9. The minimum atomic E-state index is 0.921. The molecular weight excluding hydrogens is 228 g/mol. The molecule has 1 aromatic carbocycles. The van der Waals surface area contributed by atoms with Crippen LogP contribution in [0.1, 0.15) is 103 Å². The van der Waals surface area contributed by atoms with Crippen LogP contribution in [0.25, 0.3) is 0 Å². The number of hydrogen-bond donors (Lipinski definition) is 0. The monoisotopic (exact) mass is 252 g/mol. The predicted octanol–water partition coefficient (Wildman–Crippen LogP) is 5.50. The summed E-state index contributed by atoms with van der Waals surface area (Å²) >= 11 is 0. The minimum Gasteiger partial charge on any atom is -0.0547 e. The highest BCUT2D eigenvalue weighted by atomic mass is 14.4. The van der Waals surface area contributed by atoms with E-state index in [1.165, 1.54) is 51.4 Å². The van der Waals surface area contributed by atoms with E-state index >= 15 is 0 Å². The zero-order valence-corrected chi connectivity index (χ0v) is 12.0. The highest BCUT2D eigenvalue weighted by Crippen LogP contribution is 2.57. The molecule has 0 amide bonds. The SMILES string of the molecule is Cc1c2c(cc3c1C1CCC3CC1)C1CCC2CC1. The summed E-state index contributed by atoms with van der Waals surface area (Å²) < 4.78 is 0. The second kappa shape index (κ2) is 3.65. The topological polar surface area (TPSA) is 0 Å². The average molecular weight is 252 g/mol. The summed E-state index contributed by atoms with van der Waals surface area (Å²) in [6, 6.07) is 2.70. The quantitative estimate of drug-likeness (QED) is 0.571. The molecule has 6 aliphatic rings. The molecule has 7 rings (SSSR count). The van der Waals surface area contributed by atoms with E-state index in [1.807, 2.05) is 11.1 Å². The van der Waals surface area contributed by atoms with Crippen molar-refractivity contribution >= 4 is 0 Å². The van der Waals surface area contributed by atoms with E-state index in [0.717, 1.165) is 23.7 Å². The molecule has 100 valence electrons. The van der Waals surface area contributed by atoms with Crippen LogP contribution in [-0.4, -0.2) is 0 Å². The third-order valence-corrected chi connectivity index (χ3v) is 6.89. The van der Waals surface area contributed by atoms with Gasteiger partial charge in [0.1, 0.15) is 0 Å². The van der Waals surface area contributed by atoms with Gasteiger partial charge in [0.15, 0.2) is 0 Å². The maximum absolute atomic E-state index is 2.70. The Kier molecular flexibility index (Phi) is 2.10. The Morgan fingerprint density at radius 3 is 1.42 bits per heavy atom. The summed E-state index contributed by atoms with van der Waals surface area (Å²) in [6.07, 6.45) is 11.8. The molecule has 6 aliphatic carbocycles. The maximum Gasteiger partial charge on any atom is -0.0156 e. The fourth-order valence-electron chi connectivity index (χ4n) is 6.05.